The number of pyridine rings is 1. The van der Waals surface area contributed by atoms with Crippen LogP contribution in [0.2, 0.25) is 0 Å². The molecule has 0 fully saturated rings. The molecule has 208 valence electrons. The molecule has 41 heavy (non-hydrogen) atoms. The molecule has 3 aromatic carbocycles. The summed E-state index contributed by atoms with van der Waals surface area (Å²) in [5.41, 5.74) is 0.634. The van der Waals surface area contributed by atoms with Gasteiger partial charge in [-0.1, -0.05) is 18.2 Å². The van der Waals surface area contributed by atoms with Crippen LogP contribution >= 0.6 is 0 Å². The van der Waals surface area contributed by atoms with E-state index in [0.29, 0.717) is 34.2 Å². The van der Waals surface area contributed by atoms with E-state index in [1.165, 1.54) is 42.5 Å². The molecule has 0 unspecified atom stereocenters. The fraction of sp³-hybridized carbons (Fsp3) is 0.161. The molecule has 2 heterocycles. The van der Waals surface area contributed by atoms with E-state index in [-0.39, 0.29) is 36.8 Å². The van der Waals surface area contributed by atoms with E-state index in [2.05, 4.69) is 15.3 Å². The van der Waals surface area contributed by atoms with Crippen molar-refractivity contribution in [1.29, 1.82) is 0 Å². The number of fused-ring (bicyclic) bond motifs is 1. The van der Waals surface area contributed by atoms with Gasteiger partial charge >= 0.3 is 0 Å². The van der Waals surface area contributed by atoms with Gasteiger partial charge in [0.2, 0.25) is 5.95 Å². The number of anilines is 1. The largest absolute Gasteiger partial charge is 0.354 e. The Labute approximate surface area is 232 Å². The molecular weight excluding hydrogens is 536 g/mol. The van der Waals surface area contributed by atoms with Gasteiger partial charge < -0.3 is 5.32 Å². The second kappa shape index (κ2) is 11.7. The van der Waals surface area contributed by atoms with Crippen LogP contribution in [-0.2, 0) is 11.2 Å². The summed E-state index contributed by atoms with van der Waals surface area (Å²) in [4.78, 5) is 34.4. The summed E-state index contributed by atoms with van der Waals surface area (Å²) in [6, 6.07) is 15.9. The molecule has 10 heteroatoms. The van der Waals surface area contributed by atoms with Crippen molar-refractivity contribution in [3.63, 3.8) is 0 Å². The lowest BCUT2D eigenvalue weighted by molar-refractivity contribution is -0.118. The van der Waals surface area contributed by atoms with Crippen molar-refractivity contribution < 1.29 is 22.4 Å². The Morgan fingerprint density at radius 2 is 1.61 bits per heavy atom. The molecule has 0 radical (unpaired) electrons. The zero-order valence-electron chi connectivity index (χ0n) is 21.9. The van der Waals surface area contributed by atoms with Gasteiger partial charge in [-0.25, -0.2) is 22.5 Å². The van der Waals surface area contributed by atoms with E-state index in [0.717, 1.165) is 22.8 Å². The van der Waals surface area contributed by atoms with Gasteiger partial charge in [-0.05, 0) is 73.0 Å². The minimum Gasteiger partial charge on any atom is -0.354 e. The molecule has 0 aliphatic heterocycles. The number of carbonyl (C=O) groups excluding carboxylic acids is 1. The number of aromatic nitrogens is 3. The third-order valence-corrected chi connectivity index (χ3v) is 6.56. The second-order valence-electron chi connectivity index (χ2n) is 9.55. The van der Waals surface area contributed by atoms with Gasteiger partial charge in [-0.2, -0.15) is 4.98 Å². The van der Waals surface area contributed by atoms with Gasteiger partial charge in [-0.15, -0.1) is 0 Å². The number of carbonyl (C=O) groups is 1. The zero-order valence-corrected chi connectivity index (χ0v) is 21.9. The Hall–Kier alpha value is -4.86. The van der Waals surface area contributed by atoms with Crippen molar-refractivity contribution in [3.05, 3.63) is 118 Å². The number of para-hydroxylation sites is 1. The summed E-state index contributed by atoms with van der Waals surface area (Å²) in [6.45, 7) is 1.95. The van der Waals surface area contributed by atoms with Crippen LogP contribution in [0.25, 0.3) is 28.0 Å². The van der Waals surface area contributed by atoms with Crippen LogP contribution in [0.4, 0.5) is 23.5 Å². The van der Waals surface area contributed by atoms with E-state index in [1.54, 1.807) is 19.1 Å². The molecule has 6 nitrogen and oxygen atoms in total. The van der Waals surface area contributed by atoms with E-state index < -0.39 is 34.5 Å². The summed E-state index contributed by atoms with van der Waals surface area (Å²) >= 11 is 0. The Morgan fingerprint density at radius 1 is 0.878 bits per heavy atom. The van der Waals surface area contributed by atoms with E-state index in [9.17, 15) is 27.2 Å². The second-order valence-corrected chi connectivity index (χ2v) is 9.55. The van der Waals surface area contributed by atoms with E-state index in [4.69, 9.17) is 0 Å². The third kappa shape index (κ3) is 6.01. The van der Waals surface area contributed by atoms with Crippen LogP contribution in [0.3, 0.4) is 0 Å². The molecule has 0 saturated carbocycles. The van der Waals surface area contributed by atoms with Gasteiger partial charge in [-0.3, -0.25) is 14.2 Å². The maximum Gasteiger partial charge on any atom is 0.256 e. The van der Waals surface area contributed by atoms with Crippen molar-refractivity contribution in [3.8, 4) is 16.9 Å². The average Bonchev–Trinajstić information content (AvgIpc) is 2.92. The van der Waals surface area contributed by atoms with Crippen LogP contribution in [0.1, 0.15) is 24.0 Å². The van der Waals surface area contributed by atoms with Crippen LogP contribution in [0.15, 0.2) is 77.6 Å². The zero-order chi connectivity index (χ0) is 29.1. The SMILES string of the molecule is Cc1cc(F)ccc1-c1nc(NCCCC(=O)Cc2cccc(F)c2)nc2c1ccc(=O)n2-c1c(F)cccc1F. The van der Waals surface area contributed by atoms with Crippen molar-refractivity contribution in [2.45, 2.75) is 26.2 Å². The molecular formula is C31H24F4N4O2. The minimum absolute atomic E-state index is 0.0462. The molecule has 0 aliphatic carbocycles. The maximum absolute atomic E-state index is 14.8. The minimum atomic E-state index is -0.955. The highest BCUT2D eigenvalue weighted by atomic mass is 19.1. The molecule has 5 aromatic rings. The number of nitrogens with zero attached hydrogens (tertiary/aromatic N) is 3. The van der Waals surface area contributed by atoms with Gasteiger partial charge in [0, 0.05) is 36.4 Å². The van der Waals surface area contributed by atoms with Crippen LogP contribution in [0, 0.1) is 30.2 Å². The average molecular weight is 561 g/mol. The fourth-order valence-corrected chi connectivity index (χ4v) is 4.66. The number of benzene rings is 3. The van der Waals surface area contributed by atoms with Gasteiger partial charge in [0.25, 0.3) is 5.56 Å². The predicted octanol–water partition coefficient (Wildman–Crippen LogP) is 6.32. The normalized spacial score (nSPS) is 11.1. The number of hydrogen-bond acceptors (Lipinski definition) is 5. The molecule has 0 saturated heterocycles. The van der Waals surface area contributed by atoms with E-state index in [1.807, 2.05) is 0 Å². The molecule has 0 spiro atoms. The van der Waals surface area contributed by atoms with Gasteiger partial charge in [0.15, 0.2) is 5.65 Å². The standard InChI is InChI=1S/C31H24F4N4O2/c1-18-15-21(33)10-11-23(18)28-24-12-13-27(41)39(29-25(34)8-3-9-26(29)35)30(24)38-31(37-28)36-14-4-7-22(40)17-19-5-2-6-20(32)16-19/h2-3,5-6,8-13,15-16H,4,7,14,17H2,1H3,(H,36,37,38). The Balaban J connectivity index is 1.50. The number of ketones is 1. The molecule has 5 rings (SSSR count). The van der Waals surface area contributed by atoms with Crippen molar-refractivity contribution >= 4 is 22.8 Å². The maximum atomic E-state index is 14.8. The molecule has 0 amide bonds. The first-order chi connectivity index (χ1) is 19.7. The van der Waals surface area contributed by atoms with Crippen molar-refractivity contribution in [1.82, 2.24) is 14.5 Å². The number of hydrogen-bond donors (Lipinski definition) is 1. The lowest BCUT2D eigenvalue weighted by Gasteiger charge is -2.16. The van der Waals surface area contributed by atoms with Gasteiger partial charge in [0.1, 0.15) is 34.7 Å². The number of halogens is 4. The lowest BCUT2D eigenvalue weighted by atomic mass is 10.0. The Kier molecular flexibility index (Phi) is 7.91. The highest BCUT2D eigenvalue weighted by Crippen LogP contribution is 2.31. The first-order valence-corrected chi connectivity index (χ1v) is 12.9. The van der Waals surface area contributed by atoms with E-state index >= 15 is 0 Å². The third-order valence-electron chi connectivity index (χ3n) is 6.56. The number of rotatable bonds is 9. The predicted molar refractivity (Wildman–Crippen MR) is 148 cm³/mol. The first kappa shape index (κ1) is 27.7. The smallest absolute Gasteiger partial charge is 0.256 e. The summed E-state index contributed by atoms with van der Waals surface area (Å²) in [6.07, 6.45) is 0.689. The topological polar surface area (TPSA) is 76.9 Å². The molecule has 2 aromatic heterocycles. The lowest BCUT2D eigenvalue weighted by Crippen LogP contribution is -2.21. The van der Waals surface area contributed by atoms with Crippen molar-refractivity contribution in [2.24, 2.45) is 0 Å². The van der Waals surface area contributed by atoms with Gasteiger partial charge in [0.05, 0.1) is 5.69 Å². The Morgan fingerprint density at radius 3 is 2.34 bits per heavy atom. The summed E-state index contributed by atoms with van der Waals surface area (Å²) in [5, 5.41) is 3.34. The molecule has 0 bridgehead atoms. The van der Waals surface area contributed by atoms with Crippen LogP contribution in [0.5, 0.6) is 0 Å². The summed E-state index contributed by atoms with van der Waals surface area (Å²) in [7, 11) is 0. The molecule has 0 aliphatic rings. The Bertz CT molecular complexity index is 1820. The monoisotopic (exact) mass is 560 g/mol. The molecule has 1 N–H and O–H groups in total. The van der Waals surface area contributed by atoms with Crippen LogP contribution < -0.4 is 10.9 Å². The first-order valence-electron chi connectivity index (χ1n) is 12.9. The fourth-order valence-electron chi connectivity index (χ4n) is 4.66. The molecule has 0 atom stereocenters. The number of Topliss-reactive ketones (excluding diaryl/α,β-unsaturated/α-hetero) is 1. The highest BCUT2D eigenvalue weighted by Gasteiger charge is 2.20. The quantitative estimate of drug-likeness (QED) is 0.169. The summed E-state index contributed by atoms with van der Waals surface area (Å²) in [5.74, 6) is -2.80. The van der Waals surface area contributed by atoms with Crippen molar-refractivity contribution in [2.75, 3.05) is 11.9 Å². The number of aryl methyl sites for hydroxylation is 1. The van der Waals surface area contributed by atoms with Crippen LogP contribution in [-0.4, -0.2) is 26.9 Å². The highest BCUT2D eigenvalue weighted by molar-refractivity contribution is 5.93. The summed E-state index contributed by atoms with van der Waals surface area (Å²) < 4.78 is 57.8. The number of nitrogens with one attached hydrogen (secondary N) is 1.